The minimum atomic E-state index is -1.58. The quantitative estimate of drug-likeness (QED) is 0.0261. The Balaban J connectivity index is 2.12. The number of carbonyl (C=O) groups is 1. The number of aliphatic hydroxyl groups excluding tert-OH is 5. The van der Waals surface area contributed by atoms with E-state index in [9.17, 15) is 30.3 Å². The fourth-order valence-electron chi connectivity index (χ4n) is 8.59. The van der Waals surface area contributed by atoms with Gasteiger partial charge in [-0.1, -0.05) is 243 Å². The predicted molar refractivity (Wildman–Crippen MR) is 326 cm³/mol. The highest BCUT2D eigenvalue weighted by molar-refractivity contribution is 5.76. The monoisotopic (exact) mass is 1070 g/mol. The Kier molecular flexibility index (Phi) is 51.1. The van der Waals surface area contributed by atoms with Crippen molar-refractivity contribution in [3.05, 3.63) is 146 Å². The number of rotatable bonds is 50. The summed E-state index contributed by atoms with van der Waals surface area (Å²) in [4.78, 5) is 13.0. The summed E-state index contributed by atoms with van der Waals surface area (Å²) < 4.78 is 11.2. The number of unbranched alkanes of at least 4 members (excludes halogenated alkanes) is 18. The molecule has 0 radical (unpaired) electrons. The number of carbonyl (C=O) groups excluding carboxylic acids is 1. The fourth-order valence-corrected chi connectivity index (χ4v) is 8.59. The molecule has 1 aliphatic heterocycles. The molecule has 1 saturated heterocycles. The summed E-state index contributed by atoms with van der Waals surface area (Å²) in [5.41, 5.74) is 0. The largest absolute Gasteiger partial charge is 0.394 e. The Morgan fingerprint density at radius 3 is 1.25 bits per heavy atom. The maximum absolute atomic E-state index is 13.0. The zero-order valence-corrected chi connectivity index (χ0v) is 48.4. The minimum absolute atomic E-state index is 0.199. The molecule has 0 bridgehead atoms. The molecule has 1 aliphatic rings. The lowest BCUT2D eigenvalue weighted by atomic mass is 9.99. The maximum Gasteiger partial charge on any atom is 0.220 e. The average Bonchev–Trinajstić information content (AvgIpc) is 3.43. The normalized spacial score (nSPS) is 19.8. The summed E-state index contributed by atoms with van der Waals surface area (Å²) in [6.45, 7) is 3.59. The third-order valence-corrected chi connectivity index (χ3v) is 13.4. The molecule has 0 aromatic rings. The number of allylic oxidation sites excluding steroid dienone is 23. The molecule has 1 rings (SSSR count). The number of ether oxygens (including phenoxy) is 2. The number of aliphatic hydroxyl groups is 5. The van der Waals surface area contributed by atoms with Crippen molar-refractivity contribution >= 4 is 5.91 Å². The molecular weight excluding hydrogens is 959 g/mol. The van der Waals surface area contributed by atoms with Crippen LogP contribution < -0.4 is 5.32 Å². The molecule has 0 spiro atoms. The molecule has 7 atom stereocenters. The first-order chi connectivity index (χ1) is 37.8. The van der Waals surface area contributed by atoms with Crippen LogP contribution in [0.3, 0.4) is 0 Å². The summed E-state index contributed by atoms with van der Waals surface area (Å²) in [5.74, 6) is -0.199. The topological polar surface area (TPSA) is 149 Å². The van der Waals surface area contributed by atoms with Crippen molar-refractivity contribution < 1.29 is 39.8 Å². The Hall–Kier alpha value is -3.93. The van der Waals surface area contributed by atoms with Crippen molar-refractivity contribution in [2.75, 3.05) is 13.2 Å². The second-order valence-corrected chi connectivity index (χ2v) is 20.4. The zero-order valence-electron chi connectivity index (χ0n) is 48.4. The van der Waals surface area contributed by atoms with Crippen LogP contribution >= 0.6 is 0 Å². The Bertz CT molecular complexity index is 1720. The van der Waals surface area contributed by atoms with Crippen LogP contribution in [-0.4, -0.2) is 87.5 Å². The van der Waals surface area contributed by atoms with Crippen LogP contribution in [-0.2, 0) is 14.3 Å². The van der Waals surface area contributed by atoms with Crippen molar-refractivity contribution in [1.29, 1.82) is 0 Å². The van der Waals surface area contributed by atoms with Gasteiger partial charge in [0, 0.05) is 6.42 Å². The van der Waals surface area contributed by atoms with E-state index < -0.39 is 49.5 Å². The van der Waals surface area contributed by atoms with Gasteiger partial charge in [0.25, 0.3) is 0 Å². The van der Waals surface area contributed by atoms with Crippen molar-refractivity contribution in [1.82, 2.24) is 5.32 Å². The molecular formula is C68H111NO8. The van der Waals surface area contributed by atoms with Gasteiger partial charge in [-0.2, -0.15) is 0 Å². The Morgan fingerprint density at radius 2 is 0.818 bits per heavy atom. The molecule has 7 unspecified atom stereocenters. The van der Waals surface area contributed by atoms with Gasteiger partial charge in [-0.3, -0.25) is 4.79 Å². The van der Waals surface area contributed by atoms with E-state index in [1.165, 1.54) is 83.5 Å². The van der Waals surface area contributed by atoms with Crippen LogP contribution in [0.5, 0.6) is 0 Å². The van der Waals surface area contributed by atoms with Gasteiger partial charge in [0.05, 0.1) is 25.4 Å². The first-order valence-corrected chi connectivity index (χ1v) is 30.6. The van der Waals surface area contributed by atoms with Crippen LogP contribution in [0, 0.1) is 0 Å². The van der Waals surface area contributed by atoms with Crippen LogP contribution in [0.15, 0.2) is 146 Å². The average molecular weight is 1070 g/mol. The van der Waals surface area contributed by atoms with Gasteiger partial charge in [0.1, 0.15) is 24.4 Å². The Labute approximate surface area is 470 Å². The number of amides is 1. The number of nitrogens with one attached hydrogen (secondary N) is 1. The van der Waals surface area contributed by atoms with E-state index in [4.69, 9.17) is 9.47 Å². The van der Waals surface area contributed by atoms with Gasteiger partial charge >= 0.3 is 0 Å². The van der Waals surface area contributed by atoms with Gasteiger partial charge in [-0.25, -0.2) is 0 Å². The summed E-state index contributed by atoms with van der Waals surface area (Å²) in [5, 5.41) is 54.4. The number of hydrogen-bond acceptors (Lipinski definition) is 8. The van der Waals surface area contributed by atoms with Crippen molar-refractivity contribution in [3.8, 4) is 0 Å². The van der Waals surface area contributed by atoms with Gasteiger partial charge in [0.2, 0.25) is 5.91 Å². The molecule has 1 heterocycles. The molecule has 0 aromatic carbocycles. The van der Waals surface area contributed by atoms with Crippen molar-refractivity contribution in [3.63, 3.8) is 0 Å². The summed E-state index contributed by atoms with van der Waals surface area (Å²) >= 11 is 0. The van der Waals surface area contributed by atoms with Gasteiger partial charge in [-0.15, -0.1) is 0 Å². The highest BCUT2D eigenvalue weighted by atomic mass is 16.7. The molecule has 9 nitrogen and oxygen atoms in total. The molecule has 1 amide bonds. The standard InChI is InChI=1S/C68H111NO8/c1-3-5-7-9-11-13-15-17-18-19-20-21-22-23-24-25-26-27-28-29-30-31-32-33-34-35-36-37-38-39-40-41-42-43-44-46-48-50-52-54-56-58-64(72)69-61(60-76-68-67(75)66(74)65(73)63(59-70)77-68)62(71)57-55-53-51-49-47-45-16-14-12-10-8-6-4-2/h5,7,11-14,17-18,20-21,23-24,26-27,29-30,32-33,35-36,47,49,55,57,61-63,65-68,70-71,73-75H,3-4,6,8-10,15-16,19,22,25,28,31,34,37-46,48,50-54,56,58-60H2,1-2H3,(H,69,72)/b7-5-,13-11-,14-12+,18-17-,21-20-,24-23-,27-26-,30-29-,33-32-,36-35-,49-47+,57-55+. The zero-order chi connectivity index (χ0) is 55.8. The van der Waals surface area contributed by atoms with Gasteiger partial charge in [0.15, 0.2) is 6.29 Å². The molecule has 1 fully saturated rings. The highest BCUT2D eigenvalue weighted by Gasteiger charge is 2.44. The summed E-state index contributed by atoms with van der Waals surface area (Å²) in [6.07, 6.45) is 79.3. The van der Waals surface area contributed by atoms with Crippen LogP contribution in [0.25, 0.3) is 0 Å². The smallest absolute Gasteiger partial charge is 0.220 e. The predicted octanol–water partition coefficient (Wildman–Crippen LogP) is 15.8. The molecule has 0 aromatic heterocycles. The van der Waals surface area contributed by atoms with Crippen molar-refractivity contribution in [2.45, 2.75) is 262 Å². The summed E-state index contributed by atoms with van der Waals surface area (Å²) in [6, 6.07) is -0.837. The van der Waals surface area contributed by atoms with E-state index in [-0.39, 0.29) is 12.5 Å². The molecule has 0 aliphatic carbocycles. The molecule has 436 valence electrons. The minimum Gasteiger partial charge on any atom is -0.394 e. The van der Waals surface area contributed by atoms with Gasteiger partial charge in [-0.05, 0) is 116 Å². The van der Waals surface area contributed by atoms with Gasteiger partial charge < -0.3 is 40.3 Å². The van der Waals surface area contributed by atoms with E-state index >= 15 is 0 Å². The Morgan fingerprint density at radius 1 is 0.455 bits per heavy atom. The third-order valence-electron chi connectivity index (χ3n) is 13.4. The van der Waals surface area contributed by atoms with E-state index in [0.29, 0.717) is 6.42 Å². The summed E-state index contributed by atoms with van der Waals surface area (Å²) in [7, 11) is 0. The molecule has 0 saturated carbocycles. The van der Waals surface area contributed by atoms with Crippen LogP contribution in [0.1, 0.15) is 219 Å². The van der Waals surface area contributed by atoms with Crippen LogP contribution in [0.4, 0.5) is 0 Å². The highest BCUT2D eigenvalue weighted by Crippen LogP contribution is 2.23. The molecule has 9 heteroatoms. The number of hydrogen-bond donors (Lipinski definition) is 6. The lowest BCUT2D eigenvalue weighted by Crippen LogP contribution is -2.60. The SMILES string of the molecule is CC/C=C\C/C=C\C/C=C\C/C=C\C/C=C\C/C=C\C/C=C\C/C=C\C/C=C\CCCCCCCCCCCCCCCC(=O)NC(COC1OC(CO)C(O)C(O)C1O)C(O)/C=C/CC/C=C/CC/C=C/CCCCC. The fraction of sp³-hybridized carbons (Fsp3) is 0.632. The maximum atomic E-state index is 13.0. The third kappa shape index (κ3) is 44.6. The van der Waals surface area contributed by atoms with Crippen LogP contribution in [0.2, 0.25) is 0 Å². The van der Waals surface area contributed by atoms with E-state index in [2.05, 4.69) is 153 Å². The second kappa shape index (κ2) is 55.4. The second-order valence-electron chi connectivity index (χ2n) is 20.4. The first-order valence-electron chi connectivity index (χ1n) is 30.6. The molecule has 77 heavy (non-hydrogen) atoms. The van der Waals surface area contributed by atoms with Crippen molar-refractivity contribution in [2.24, 2.45) is 0 Å². The first kappa shape index (κ1) is 71.1. The lowest BCUT2D eigenvalue weighted by Gasteiger charge is -2.40. The molecule has 6 N–H and O–H groups in total. The van der Waals surface area contributed by atoms with E-state index in [1.807, 2.05) is 6.08 Å². The van der Waals surface area contributed by atoms with E-state index in [1.54, 1.807) is 6.08 Å². The van der Waals surface area contributed by atoms with E-state index in [0.717, 1.165) is 116 Å². The lowest BCUT2D eigenvalue weighted by molar-refractivity contribution is -0.302.